The molecule has 0 bridgehead atoms. The minimum Gasteiger partial charge on any atom is -0.251 e. The zero-order chi connectivity index (χ0) is 28.2. The summed E-state index contributed by atoms with van der Waals surface area (Å²) in [6.07, 6.45) is 0. The van der Waals surface area contributed by atoms with Crippen LogP contribution in [-0.2, 0) is 0 Å². The maximum atomic E-state index is 4.96. The standard InChI is InChI=1S/C40H28N2/c1-25-18-19-28-20-21-35-36(22-26(2)42-40(35)39(28)41-25)30-14-8-13-29(23-30)32-16-9-17-34-37(32)24-31-12-6-7-15-33(31)38(34)27-10-4-3-5-11-27/h3-24H,1-2H3. The Morgan fingerprint density at radius 2 is 1.07 bits per heavy atom. The lowest BCUT2D eigenvalue weighted by atomic mass is 9.88. The Morgan fingerprint density at radius 1 is 0.381 bits per heavy atom. The molecule has 0 aliphatic carbocycles. The van der Waals surface area contributed by atoms with Crippen LogP contribution in [0.2, 0.25) is 0 Å². The highest BCUT2D eigenvalue weighted by Gasteiger charge is 2.15. The van der Waals surface area contributed by atoms with Gasteiger partial charge < -0.3 is 0 Å². The molecule has 2 heteroatoms. The first kappa shape index (κ1) is 24.5. The van der Waals surface area contributed by atoms with E-state index in [4.69, 9.17) is 9.97 Å². The van der Waals surface area contributed by atoms with Crippen molar-refractivity contribution in [3.05, 3.63) is 145 Å². The van der Waals surface area contributed by atoms with Crippen LogP contribution in [0.15, 0.2) is 133 Å². The van der Waals surface area contributed by atoms with Crippen LogP contribution in [-0.4, -0.2) is 9.97 Å². The van der Waals surface area contributed by atoms with Gasteiger partial charge in [0, 0.05) is 22.2 Å². The number of fused-ring (bicyclic) bond motifs is 5. The Morgan fingerprint density at radius 3 is 1.95 bits per heavy atom. The molecule has 0 radical (unpaired) electrons. The summed E-state index contributed by atoms with van der Waals surface area (Å²) in [7, 11) is 0. The molecule has 2 nitrogen and oxygen atoms in total. The van der Waals surface area contributed by atoms with E-state index < -0.39 is 0 Å². The van der Waals surface area contributed by atoms with Gasteiger partial charge in [-0.15, -0.1) is 0 Å². The Hall–Kier alpha value is -5.34. The van der Waals surface area contributed by atoms with E-state index in [2.05, 4.69) is 140 Å². The highest BCUT2D eigenvalue weighted by atomic mass is 14.8. The van der Waals surface area contributed by atoms with Crippen LogP contribution in [0.3, 0.4) is 0 Å². The molecule has 2 heterocycles. The van der Waals surface area contributed by atoms with Crippen molar-refractivity contribution < 1.29 is 0 Å². The molecule has 0 spiro atoms. The first-order valence-corrected chi connectivity index (χ1v) is 14.4. The Balaban J connectivity index is 1.37. The monoisotopic (exact) mass is 536 g/mol. The highest BCUT2D eigenvalue weighted by molar-refractivity contribution is 6.16. The van der Waals surface area contributed by atoms with Crippen molar-refractivity contribution in [3.8, 4) is 33.4 Å². The summed E-state index contributed by atoms with van der Waals surface area (Å²) in [6, 6.07) is 48.2. The number of hydrogen-bond donors (Lipinski definition) is 0. The molecule has 0 aliphatic rings. The van der Waals surface area contributed by atoms with E-state index >= 15 is 0 Å². The van der Waals surface area contributed by atoms with Crippen LogP contribution < -0.4 is 0 Å². The fourth-order valence-corrected chi connectivity index (χ4v) is 6.45. The van der Waals surface area contributed by atoms with Crippen LogP contribution in [0.1, 0.15) is 11.4 Å². The molecule has 42 heavy (non-hydrogen) atoms. The molecule has 8 rings (SSSR count). The molecule has 0 aliphatic heterocycles. The van der Waals surface area contributed by atoms with Gasteiger partial charge in [-0.05, 0) is 93.0 Å². The zero-order valence-corrected chi connectivity index (χ0v) is 23.6. The van der Waals surface area contributed by atoms with Gasteiger partial charge in [0.25, 0.3) is 0 Å². The Bertz CT molecular complexity index is 2320. The van der Waals surface area contributed by atoms with Gasteiger partial charge in [0.15, 0.2) is 0 Å². The molecular formula is C40H28N2. The van der Waals surface area contributed by atoms with Crippen LogP contribution in [0.25, 0.3) is 76.7 Å². The quantitative estimate of drug-likeness (QED) is 0.166. The van der Waals surface area contributed by atoms with Crippen molar-refractivity contribution in [2.24, 2.45) is 0 Å². The van der Waals surface area contributed by atoms with Gasteiger partial charge in [0.05, 0.1) is 11.0 Å². The SMILES string of the molecule is Cc1ccc2ccc3c(-c4cccc(-c5cccc6c(-c7ccccc7)c7ccccc7cc56)c4)cc(C)nc3c2n1. The summed E-state index contributed by atoms with van der Waals surface area (Å²) in [5, 5.41) is 7.28. The summed E-state index contributed by atoms with van der Waals surface area (Å²) < 4.78 is 0. The second-order valence-corrected chi connectivity index (χ2v) is 11.1. The van der Waals surface area contributed by atoms with Crippen molar-refractivity contribution in [1.82, 2.24) is 9.97 Å². The average molecular weight is 537 g/mol. The molecule has 0 amide bonds. The summed E-state index contributed by atoms with van der Waals surface area (Å²) in [6.45, 7) is 4.11. The number of nitrogens with zero attached hydrogens (tertiary/aromatic N) is 2. The van der Waals surface area contributed by atoms with Crippen LogP contribution in [0, 0.1) is 13.8 Å². The normalized spacial score (nSPS) is 11.6. The first-order valence-electron chi connectivity index (χ1n) is 14.4. The van der Waals surface area contributed by atoms with Crippen molar-refractivity contribution in [2.45, 2.75) is 13.8 Å². The van der Waals surface area contributed by atoms with E-state index in [0.29, 0.717) is 0 Å². The lowest BCUT2D eigenvalue weighted by Crippen LogP contribution is -1.93. The van der Waals surface area contributed by atoms with Gasteiger partial charge in [-0.2, -0.15) is 0 Å². The molecule has 0 N–H and O–H groups in total. The fraction of sp³-hybridized carbons (Fsp3) is 0.0500. The second kappa shape index (κ2) is 9.64. The Labute approximate surface area is 244 Å². The zero-order valence-electron chi connectivity index (χ0n) is 23.6. The third-order valence-electron chi connectivity index (χ3n) is 8.36. The number of rotatable bonds is 3. The van der Waals surface area contributed by atoms with E-state index in [-0.39, 0.29) is 0 Å². The van der Waals surface area contributed by atoms with Gasteiger partial charge in [-0.25, -0.2) is 0 Å². The number of hydrogen-bond acceptors (Lipinski definition) is 2. The minimum absolute atomic E-state index is 0.959. The van der Waals surface area contributed by atoms with Crippen LogP contribution in [0.5, 0.6) is 0 Å². The third-order valence-corrected chi connectivity index (χ3v) is 8.36. The molecule has 0 saturated heterocycles. The van der Waals surface area contributed by atoms with E-state index in [1.807, 2.05) is 6.92 Å². The predicted molar refractivity (Wildman–Crippen MR) is 178 cm³/mol. The smallest absolute Gasteiger partial charge is 0.0974 e. The van der Waals surface area contributed by atoms with Crippen molar-refractivity contribution in [2.75, 3.05) is 0 Å². The second-order valence-electron chi connectivity index (χ2n) is 11.1. The van der Waals surface area contributed by atoms with Crippen molar-refractivity contribution >= 4 is 43.4 Å². The fourth-order valence-electron chi connectivity index (χ4n) is 6.45. The number of benzene rings is 6. The predicted octanol–water partition coefficient (Wildman–Crippen LogP) is 10.7. The van der Waals surface area contributed by atoms with E-state index in [1.165, 1.54) is 54.9 Å². The topological polar surface area (TPSA) is 25.8 Å². The maximum absolute atomic E-state index is 4.96. The molecule has 2 aromatic heterocycles. The number of aryl methyl sites for hydroxylation is 2. The van der Waals surface area contributed by atoms with Crippen LogP contribution in [0.4, 0.5) is 0 Å². The minimum atomic E-state index is 0.959. The van der Waals surface area contributed by atoms with Gasteiger partial charge >= 0.3 is 0 Å². The van der Waals surface area contributed by atoms with Gasteiger partial charge in [-0.1, -0.05) is 109 Å². The van der Waals surface area contributed by atoms with Crippen molar-refractivity contribution in [3.63, 3.8) is 0 Å². The highest BCUT2D eigenvalue weighted by Crippen LogP contribution is 2.41. The van der Waals surface area contributed by atoms with Gasteiger partial charge in [0.2, 0.25) is 0 Å². The molecule has 198 valence electrons. The molecule has 0 unspecified atom stereocenters. The van der Waals surface area contributed by atoms with Gasteiger partial charge in [0.1, 0.15) is 0 Å². The number of aromatic nitrogens is 2. The first-order chi connectivity index (χ1) is 20.6. The summed E-state index contributed by atoms with van der Waals surface area (Å²) in [5.74, 6) is 0. The summed E-state index contributed by atoms with van der Waals surface area (Å²) in [5.41, 5.74) is 11.2. The summed E-state index contributed by atoms with van der Waals surface area (Å²) in [4.78, 5) is 9.83. The van der Waals surface area contributed by atoms with Gasteiger partial charge in [-0.3, -0.25) is 9.97 Å². The van der Waals surface area contributed by atoms with E-state index in [0.717, 1.165) is 33.2 Å². The lowest BCUT2D eigenvalue weighted by Gasteiger charge is -2.16. The molecule has 0 atom stereocenters. The summed E-state index contributed by atoms with van der Waals surface area (Å²) >= 11 is 0. The van der Waals surface area contributed by atoms with E-state index in [1.54, 1.807) is 0 Å². The molecule has 0 fully saturated rings. The third kappa shape index (κ3) is 3.95. The average Bonchev–Trinajstić information content (AvgIpc) is 3.03. The van der Waals surface area contributed by atoms with Crippen molar-refractivity contribution in [1.29, 1.82) is 0 Å². The largest absolute Gasteiger partial charge is 0.251 e. The van der Waals surface area contributed by atoms with E-state index in [9.17, 15) is 0 Å². The molecule has 6 aromatic carbocycles. The number of pyridine rings is 2. The molecule has 0 saturated carbocycles. The molecular weight excluding hydrogens is 508 g/mol. The molecule has 8 aromatic rings. The maximum Gasteiger partial charge on any atom is 0.0974 e. The van der Waals surface area contributed by atoms with Crippen LogP contribution >= 0.6 is 0 Å². The Kier molecular flexibility index (Phi) is 5.61. The lowest BCUT2D eigenvalue weighted by molar-refractivity contribution is 1.23.